The Morgan fingerprint density at radius 2 is 1.08 bits per heavy atom. The van der Waals surface area contributed by atoms with Crippen LogP contribution in [-0.2, 0) is 12.8 Å². The van der Waals surface area contributed by atoms with Gasteiger partial charge in [0, 0.05) is 11.1 Å². The molecule has 0 fully saturated rings. The Bertz CT molecular complexity index is 768. The van der Waals surface area contributed by atoms with Gasteiger partial charge in [0.1, 0.15) is 0 Å². The fourth-order valence-corrected chi connectivity index (χ4v) is 3.29. The van der Waals surface area contributed by atoms with Gasteiger partial charge in [0.25, 0.3) is 0 Å². The first kappa shape index (κ1) is 18.4. The lowest BCUT2D eigenvalue weighted by Gasteiger charge is -2.08. The predicted octanol–water partition coefficient (Wildman–Crippen LogP) is 7.10. The van der Waals surface area contributed by atoms with Crippen LogP contribution in [0.4, 0.5) is 0 Å². The molecule has 0 aliphatic carbocycles. The Labute approximate surface area is 158 Å². The molecular weight excluding hydrogens is 314 g/mol. The van der Waals surface area contributed by atoms with Crippen molar-refractivity contribution in [2.75, 3.05) is 0 Å². The molecule has 0 N–H and O–H groups in total. The molecule has 0 radical (unpaired) electrons. The molecule has 0 bridgehead atoms. The summed E-state index contributed by atoms with van der Waals surface area (Å²) >= 11 is 0. The molecule has 1 heteroatoms. The van der Waals surface area contributed by atoms with Crippen molar-refractivity contribution in [2.24, 2.45) is 0 Å². The monoisotopic (exact) mass is 343 g/mol. The van der Waals surface area contributed by atoms with E-state index >= 15 is 0 Å². The number of benzene rings is 2. The molecule has 0 unspecified atom stereocenters. The number of aryl methyl sites for hydroxylation is 2. The van der Waals surface area contributed by atoms with Crippen molar-refractivity contribution in [3.8, 4) is 22.5 Å². The summed E-state index contributed by atoms with van der Waals surface area (Å²) in [5.41, 5.74) is 7.33. The van der Waals surface area contributed by atoms with Gasteiger partial charge < -0.3 is 0 Å². The first-order valence-electron chi connectivity index (χ1n) is 9.96. The third kappa shape index (κ3) is 4.82. The maximum atomic E-state index is 4.96. The minimum Gasteiger partial charge on any atom is -0.248 e. The van der Waals surface area contributed by atoms with Gasteiger partial charge >= 0.3 is 0 Å². The van der Waals surface area contributed by atoms with Crippen molar-refractivity contribution >= 4 is 0 Å². The summed E-state index contributed by atoms with van der Waals surface area (Å²) in [6, 6.07) is 24.0. The lowest BCUT2D eigenvalue weighted by atomic mass is 10.0. The molecule has 0 saturated carbocycles. The fourth-order valence-electron chi connectivity index (χ4n) is 3.29. The van der Waals surface area contributed by atoms with Crippen LogP contribution in [0.2, 0.25) is 0 Å². The van der Waals surface area contributed by atoms with Crippen molar-refractivity contribution < 1.29 is 0 Å². The van der Waals surface area contributed by atoms with Crippen LogP contribution in [0.25, 0.3) is 22.5 Å². The van der Waals surface area contributed by atoms with Crippen LogP contribution in [0, 0.1) is 0 Å². The molecule has 0 amide bonds. The number of unbranched alkanes of at least 4 members (excludes halogenated alkanes) is 2. The van der Waals surface area contributed by atoms with Gasteiger partial charge in [-0.2, -0.15) is 0 Å². The third-order valence-electron chi connectivity index (χ3n) is 4.83. The van der Waals surface area contributed by atoms with Crippen LogP contribution < -0.4 is 0 Å². The summed E-state index contributed by atoms with van der Waals surface area (Å²) < 4.78 is 0. The molecule has 134 valence electrons. The summed E-state index contributed by atoms with van der Waals surface area (Å²) in [5.74, 6) is 0. The Kier molecular flexibility index (Phi) is 6.60. The zero-order chi connectivity index (χ0) is 18.2. The average Bonchev–Trinajstić information content (AvgIpc) is 2.71. The summed E-state index contributed by atoms with van der Waals surface area (Å²) in [5, 5.41) is 0. The summed E-state index contributed by atoms with van der Waals surface area (Å²) in [6.45, 7) is 4.48. The smallest absolute Gasteiger partial charge is 0.0709 e. The fraction of sp³-hybridized carbons (Fsp3) is 0.320. The summed E-state index contributed by atoms with van der Waals surface area (Å²) in [6.07, 6.45) is 7.22. The zero-order valence-electron chi connectivity index (χ0n) is 16.0. The van der Waals surface area contributed by atoms with E-state index in [0.29, 0.717) is 0 Å². The molecule has 2 aromatic carbocycles. The van der Waals surface area contributed by atoms with Gasteiger partial charge in [0.05, 0.1) is 11.4 Å². The molecule has 0 saturated heterocycles. The van der Waals surface area contributed by atoms with E-state index in [9.17, 15) is 0 Å². The lowest BCUT2D eigenvalue weighted by molar-refractivity contribution is 0.795. The molecule has 3 aromatic rings. The standard InChI is InChI=1S/C25H29N/c1-3-5-10-20-12-7-14-22(18-20)24-16-9-17-25(26-24)23-15-8-13-21(19-23)11-6-4-2/h7-9,12-19H,3-6,10-11H2,1-2H3. The number of hydrogen-bond acceptors (Lipinski definition) is 1. The Hall–Kier alpha value is -2.41. The number of pyridine rings is 1. The maximum Gasteiger partial charge on any atom is 0.0709 e. The molecule has 3 rings (SSSR count). The van der Waals surface area contributed by atoms with Gasteiger partial charge in [-0.05, 0) is 61.1 Å². The van der Waals surface area contributed by atoms with E-state index in [-0.39, 0.29) is 0 Å². The zero-order valence-corrected chi connectivity index (χ0v) is 16.0. The summed E-state index contributed by atoms with van der Waals surface area (Å²) in [7, 11) is 0. The maximum absolute atomic E-state index is 4.96. The molecule has 1 aromatic heterocycles. The molecule has 0 atom stereocenters. The minimum absolute atomic E-state index is 1.06. The highest BCUT2D eigenvalue weighted by molar-refractivity contribution is 5.66. The Morgan fingerprint density at radius 1 is 0.615 bits per heavy atom. The second kappa shape index (κ2) is 9.33. The number of hydrogen-bond donors (Lipinski definition) is 0. The van der Waals surface area contributed by atoms with E-state index in [2.05, 4.69) is 80.6 Å². The normalized spacial score (nSPS) is 10.8. The van der Waals surface area contributed by atoms with Gasteiger partial charge in [0.2, 0.25) is 0 Å². The molecule has 1 nitrogen and oxygen atoms in total. The van der Waals surface area contributed by atoms with Crippen molar-refractivity contribution in [3.05, 3.63) is 77.9 Å². The van der Waals surface area contributed by atoms with E-state index in [1.54, 1.807) is 0 Å². The molecular formula is C25H29N. The number of aromatic nitrogens is 1. The van der Waals surface area contributed by atoms with Gasteiger partial charge in [-0.1, -0.05) is 69.2 Å². The second-order valence-electron chi connectivity index (χ2n) is 7.02. The number of nitrogens with zero attached hydrogens (tertiary/aromatic N) is 1. The molecule has 0 aliphatic rings. The SMILES string of the molecule is CCCCc1cccc(-c2cccc(-c3cccc(CCCC)c3)n2)c1. The number of rotatable bonds is 8. The highest BCUT2D eigenvalue weighted by Gasteiger charge is 2.05. The van der Waals surface area contributed by atoms with Gasteiger partial charge in [0.15, 0.2) is 0 Å². The van der Waals surface area contributed by atoms with Crippen LogP contribution in [0.5, 0.6) is 0 Å². The largest absolute Gasteiger partial charge is 0.248 e. The van der Waals surface area contributed by atoms with Crippen molar-refractivity contribution in [2.45, 2.75) is 52.4 Å². The van der Waals surface area contributed by atoms with Crippen LogP contribution in [-0.4, -0.2) is 4.98 Å². The minimum atomic E-state index is 1.06. The highest BCUT2D eigenvalue weighted by atomic mass is 14.7. The third-order valence-corrected chi connectivity index (χ3v) is 4.83. The topological polar surface area (TPSA) is 12.9 Å². The lowest BCUT2D eigenvalue weighted by Crippen LogP contribution is -1.91. The average molecular weight is 344 g/mol. The molecule has 0 spiro atoms. The summed E-state index contributed by atoms with van der Waals surface area (Å²) in [4.78, 5) is 4.96. The van der Waals surface area contributed by atoms with Crippen LogP contribution >= 0.6 is 0 Å². The Balaban J connectivity index is 1.87. The van der Waals surface area contributed by atoms with Crippen molar-refractivity contribution in [1.82, 2.24) is 4.98 Å². The van der Waals surface area contributed by atoms with Crippen LogP contribution in [0.3, 0.4) is 0 Å². The van der Waals surface area contributed by atoms with Crippen LogP contribution in [0.1, 0.15) is 50.7 Å². The molecule has 26 heavy (non-hydrogen) atoms. The van der Waals surface area contributed by atoms with E-state index in [1.165, 1.54) is 47.9 Å². The van der Waals surface area contributed by atoms with E-state index in [0.717, 1.165) is 24.2 Å². The van der Waals surface area contributed by atoms with Crippen molar-refractivity contribution in [1.29, 1.82) is 0 Å². The van der Waals surface area contributed by atoms with Gasteiger partial charge in [-0.25, -0.2) is 4.98 Å². The second-order valence-corrected chi connectivity index (χ2v) is 7.02. The van der Waals surface area contributed by atoms with E-state index < -0.39 is 0 Å². The first-order valence-corrected chi connectivity index (χ1v) is 9.96. The first-order chi connectivity index (χ1) is 12.8. The highest BCUT2D eigenvalue weighted by Crippen LogP contribution is 2.25. The molecule has 1 heterocycles. The molecule has 0 aliphatic heterocycles. The van der Waals surface area contributed by atoms with Crippen LogP contribution in [0.15, 0.2) is 66.7 Å². The quantitative estimate of drug-likeness (QED) is 0.425. The Morgan fingerprint density at radius 3 is 1.54 bits per heavy atom. The van der Waals surface area contributed by atoms with Crippen molar-refractivity contribution in [3.63, 3.8) is 0 Å². The van der Waals surface area contributed by atoms with Gasteiger partial charge in [-0.15, -0.1) is 0 Å². The van der Waals surface area contributed by atoms with Gasteiger partial charge in [-0.3, -0.25) is 0 Å². The predicted molar refractivity (Wildman–Crippen MR) is 112 cm³/mol. The van der Waals surface area contributed by atoms with E-state index in [4.69, 9.17) is 4.98 Å². The van der Waals surface area contributed by atoms with E-state index in [1.807, 2.05) is 0 Å².